The first kappa shape index (κ1) is 19.0. The second-order valence-corrected chi connectivity index (χ2v) is 6.44. The molecule has 0 radical (unpaired) electrons. The van der Waals surface area contributed by atoms with Gasteiger partial charge in [0.2, 0.25) is 0 Å². The Kier molecular flexibility index (Phi) is 5.84. The Bertz CT molecular complexity index is 933. The van der Waals surface area contributed by atoms with Crippen LogP contribution in [0.15, 0.2) is 54.6 Å². The molecule has 0 spiro atoms. The highest BCUT2D eigenvalue weighted by Crippen LogP contribution is 2.27. The summed E-state index contributed by atoms with van der Waals surface area (Å²) >= 11 is 0. The van der Waals surface area contributed by atoms with E-state index < -0.39 is 11.6 Å². The van der Waals surface area contributed by atoms with Crippen LogP contribution >= 0.6 is 0 Å². The molecule has 0 aliphatic rings. The molecule has 0 aliphatic carbocycles. The van der Waals surface area contributed by atoms with E-state index in [0.717, 1.165) is 11.1 Å². The van der Waals surface area contributed by atoms with E-state index in [1.165, 1.54) is 6.07 Å². The summed E-state index contributed by atoms with van der Waals surface area (Å²) in [7, 11) is 0. The van der Waals surface area contributed by atoms with Crippen LogP contribution in [0.5, 0.6) is 5.75 Å². The van der Waals surface area contributed by atoms with Crippen LogP contribution in [0, 0.1) is 24.4 Å². The Balaban J connectivity index is 1.72. The van der Waals surface area contributed by atoms with Crippen molar-refractivity contribution in [3.05, 3.63) is 88.7 Å². The molecule has 0 saturated carbocycles. The monoisotopic (exact) mass is 370 g/mol. The van der Waals surface area contributed by atoms with Gasteiger partial charge in [0.25, 0.3) is 0 Å². The van der Waals surface area contributed by atoms with E-state index in [-0.39, 0.29) is 5.82 Å². The van der Waals surface area contributed by atoms with Crippen LogP contribution in [0.1, 0.15) is 23.6 Å². The molecule has 0 N–H and O–H groups in total. The number of hydrogen-bond donors (Lipinski definition) is 0. The van der Waals surface area contributed by atoms with Crippen LogP contribution < -0.4 is 4.74 Å². The van der Waals surface area contributed by atoms with Crippen LogP contribution in [-0.4, -0.2) is 6.61 Å². The molecule has 4 heteroatoms. The van der Waals surface area contributed by atoms with Gasteiger partial charge in [0.05, 0.1) is 6.61 Å². The van der Waals surface area contributed by atoms with Crippen LogP contribution in [0.3, 0.4) is 0 Å². The average molecular weight is 370 g/mol. The summed E-state index contributed by atoms with van der Waals surface area (Å²) in [5.41, 5.74) is 2.90. The molecular weight excluding hydrogens is 349 g/mol. The zero-order valence-electron chi connectivity index (χ0n) is 15.4. The van der Waals surface area contributed by atoms with Gasteiger partial charge in [-0.2, -0.15) is 0 Å². The molecular formula is C23H21F3O. The molecule has 3 aromatic rings. The molecule has 0 aromatic heterocycles. The van der Waals surface area contributed by atoms with Crippen LogP contribution in [0.2, 0.25) is 0 Å². The van der Waals surface area contributed by atoms with Gasteiger partial charge in [-0.25, -0.2) is 13.2 Å². The first-order valence-electron chi connectivity index (χ1n) is 8.94. The summed E-state index contributed by atoms with van der Waals surface area (Å²) in [4.78, 5) is 0. The minimum absolute atomic E-state index is 0.304. The lowest BCUT2D eigenvalue weighted by Gasteiger charge is -2.09. The topological polar surface area (TPSA) is 9.23 Å². The third kappa shape index (κ3) is 4.33. The maximum Gasteiger partial charge on any atom is 0.162 e. The number of halogens is 3. The number of ether oxygens (including phenoxy) is 1. The molecule has 0 atom stereocenters. The largest absolute Gasteiger partial charge is 0.494 e. The molecule has 0 bridgehead atoms. The fourth-order valence-electron chi connectivity index (χ4n) is 3.00. The summed E-state index contributed by atoms with van der Waals surface area (Å²) in [5, 5.41) is 0. The van der Waals surface area contributed by atoms with Crippen LogP contribution in [-0.2, 0) is 12.8 Å². The van der Waals surface area contributed by atoms with Crippen molar-refractivity contribution in [2.75, 3.05) is 6.61 Å². The standard InChI is InChI=1S/C23H21F3O/c1-3-27-19-12-13-20(21(24)14-19)17-9-5-16(6-10-17)7-11-18-8-4-15(2)22(25)23(18)26/h4-6,8-10,12-14H,3,7,11H2,1-2H3. The van der Waals surface area contributed by atoms with Crippen molar-refractivity contribution in [3.63, 3.8) is 0 Å². The Labute approximate surface area is 157 Å². The van der Waals surface area contributed by atoms with E-state index in [9.17, 15) is 13.2 Å². The van der Waals surface area contributed by atoms with Crippen molar-refractivity contribution in [2.45, 2.75) is 26.7 Å². The number of rotatable bonds is 6. The number of benzene rings is 3. The quantitative estimate of drug-likeness (QED) is 0.497. The smallest absolute Gasteiger partial charge is 0.162 e. The van der Waals surface area contributed by atoms with Gasteiger partial charge in [-0.3, -0.25) is 0 Å². The SMILES string of the molecule is CCOc1ccc(-c2ccc(CCc3ccc(C)c(F)c3F)cc2)c(F)c1. The predicted molar refractivity (Wildman–Crippen MR) is 102 cm³/mol. The lowest BCUT2D eigenvalue weighted by Crippen LogP contribution is -1.99. The summed E-state index contributed by atoms with van der Waals surface area (Å²) in [6, 6.07) is 15.5. The van der Waals surface area contributed by atoms with E-state index in [0.29, 0.717) is 41.9 Å². The van der Waals surface area contributed by atoms with Crippen molar-refractivity contribution in [1.29, 1.82) is 0 Å². The Morgan fingerprint density at radius 3 is 2.22 bits per heavy atom. The third-order valence-corrected chi connectivity index (χ3v) is 4.55. The van der Waals surface area contributed by atoms with Crippen molar-refractivity contribution >= 4 is 0 Å². The summed E-state index contributed by atoms with van der Waals surface area (Å²) < 4.78 is 47.2. The van der Waals surface area contributed by atoms with Gasteiger partial charge in [-0.05, 0) is 61.1 Å². The van der Waals surface area contributed by atoms with Gasteiger partial charge < -0.3 is 4.74 Å². The minimum atomic E-state index is -0.783. The molecule has 3 rings (SSSR count). The number of aryl methyl sites for hydroxylation is 3. The lowest BCUT2D eigenvalue weighted by molar-refractivity contribution is 0.338. The molecule has 1 nitrogen and oxygen atoms in total. The Morgan fingerprint density at radius 2 is 1.56 bits per heavy atom. The fraction of sp³-hybridized carbons (Fsp3) is 0.217. The van der Waals surface area contributed by atoms with Gasteiger partial charge in [0.1, 0.15) is 11.6 Å². The molecule has 0 fully saturated rings. The Hall–Kier alpha value is -2.75. The van der Waals surface area contributed by atoms with Gasteiger partial charge >= 0.3 is 0 Å². The van der Waals surface area contributed by atoms with Gasteiger partial charge in [-0.1, -0.05) is 36.4 Å². The highest BCUT2D eigenvalue weighted by molar-refractivity contribution is 5.65. The molecule has 0 amide bonds. The number of hydrogen-bond acceptors (Lipinski definition) is 1. The van der Waals surface area contributed by atoms with Crippen molar-refractivity contribution in [2.24, 2.45) is 0 Å². The zero-order chi connectivity index (χ0) is 19.4. The summed E-state index contributed by atoms with van der Waals surface area (Å²) in [6.45, 7) is 3.88. The molecule has 3 aromatic carbocycles. The Morgan fingerprint density at radius 1 is 0.815 bits per heavy atom. The molecule has 0 aliphatic heterocycles. The second kappa shape index (κ2) is 8.30. The summed E-state index contributed by atoms with van der Waals surface area (Å²) in [6.07, 6.45) is 0.977. The zero-order valence-corrected chi connectivity index (χ0v) is 15.4. The molecule has 0 unspecified atom stereocenters. The van der Waals surface area contributed by atoms with Gasteiger partial charge in [0, 0.05) is 11.6 Å². The second-order valence-electron chi connectivity index (χ2n) is 6.44. The van der Waals surface area contributed by atoms with Crippen molar-refractivity contribution in [3.8, 4) is 16.9 Å². The van der Waals surface area contributed by atoms with Crippen LogP contribution in [0.25, 0.3) is 11.1 Å². The third-order valence-electron chi connectivity index (χ3n) is 4.55. The average Bonchev–Trinajstić information content (AvgIpc) is 2.67. The lowest BCUT2D eigenvalue weighted by atomic mass is 9.99. The van der Waals surface area contributed by atoms with E-state index >= 15 is 0 Å². The normalized spacial score (nSPS) is 10.9. The molecule has 0 saturated heterocycles. The van der Waals surface area contributed by atoms with E-state index in [1.807, 2.05) is 31.2 Å². The maximum atomic E-state index is 14.3. The molecule has 0 heterocycles. The fourth-order valence-corrected chi connectivity index (χ4v) is 3.00. The van der Waals surface area contributed by atoms with Crippen LogP contribution in [0.4, 0.5) is 13.2 Å². The van der Waals surface area contributed by atoms with Crippen molar-refractivity contribution in [1.82, 2.24) is 0 Å². The minimum Gasteiger partial charge on any atom is -0.494 e. The highest BCUT2D eigenvalue weighted by atomic mass is 19.2. The predicted octanol–water partition coefficient (Wildman–Crippen LogP) is 6.26. The van der Waals surface area contributed by atoms with E-state index in [1.54, 1.807) is 31.2 Å². The van der Waals surface area contributed by atoms with Crippen molar-refractivity contribution < 1.29 is 17.9 Å². The van der Waals surface area contributed by atoms with E-state index in [2.05, 4.69) is 0 Å². The maximum absolute atomic E-state index is 14.3. The van der Waals surface area contributed by atoms with E-state index in [4.69, 9.17) is 4.74 Å². The first-order valence-corrected chi connectivity index (χ1v) is 8.94. The first-order chi connectivity index (χ1) is 13.0. The molecule has 27 heavy (non-hydrogen) atoms. The molecule has 140 valence electrons. The van der Waals surface area contributed by atoms with Gasteiger partial charge in [0.15, 0.2) is 11.6 Å². The highest BCUT2D eigenvalue weighted by Gasteiger charge is 2.11. The van der Waals surface area contributed by atoms with Gasteiger partial charge in [-0.15, -0.1) is 0 Å². The summed E-state index contributed by atoms with van der Waals surface area (Å²) in [5.74, 6) is -1.40.